The number of imide groups is 1. The summed E-state index contributed by atoms with van der Waals surface area (Å²) < 4.78 is 0. The van der Waals surface area contributed by atoms with Gasteiger partial charge in [0.1, 0.15) is 6.04 Å². The highest BCUT2D eigenvalue weighted by Crippen LogP contribution is 2.15. The van der Waals surface area contributed by atoms with E-state index in [0.717, 1.165) is 10.5 Å². The second-order valence-electron chi connectivity index (χ2n) is 6.92. The van der Waals surface area contributed by atoms with E-state index in [1.807, 2.05) is 56.1 Å². The van der Waals surface area contributed by atoms with Gasteiger partial charge >= 0.3 is 6.03 Å². The normalized spacial score (nSPS) is 19.2. The first-order chi connectivity index (χ1) is 11.4. The highest BCUT2D eigenvalue weighted by molar-refractivity contribution is 6.04. The Hall–Kier alpha value is -1.92. The molecule has 1 aliphatic rings. The molecule has 132 valence electrons. The third-order valence-electron chi connectivity index (χ3n) is 4.03. The van der Waals surface area contributed by atoms with Crippen LogP contribution in [0.4, 0.5) is 4.79 Å². The molecule has 1 saturated heterocycles. The number of benzene rings is 1. The molecule has 1 fully saturated rings. The molecule has 24 heavy (non-hydrogen) atoms. The number of carbonyl (C=O) groups is 2. The lowest BCUT2D eigenvalue weighted by molar-refractivity contribution is -0.128. The largest absolute Gasteiger partial charge is 0.390 e. The summed E-state index contributed by atoms with van der Waals surface area (Å²) >= 11 is 0. The average Bonchev–Trinajstić information content (AvgIpc) is 2.75. The summed E-state index contributed by atoms with van der Waals surface area (Å²) in [6.07, 6.45) is -0.156. The Morgan fingerprint density at radius 1 is 1.25 bits per heavy atom. The summed E-state index contributed by atoms with van der Waals surface area (Å²) in [6, 6.07) is 9.09. The number of likely N-dealkylation sites (N-methyl/N-ethyl adjacent to an activating group) is 1. The first-order valence-corrected chi connectivity index (χ1v) is 8.39. The lowest BCUT2D eigenvalue weighted by atomic mass is 10.0. The molecule has 0 radical (unpaired) electrons. The Bertz CT molecular complexity index is 562. The number of aliphatic hydroxyl groups is 1. The molecule has 2 rings (SSSR count). The van der Waals surface area contributed by atoms with Crippen molar-refractivity contribution < 1.29 is 14.7 Å². The van der Waals surface area contributed by atoms with E-state index in [1.54, 1.807) is 0 Å². The van der Waals surface area contributed by atoms with E-state index in [0.29, 0.717) is 25.4 Å². The molecule has 0 aliphatic carbocycles. The predicted octanol–water partition coefficient (Wildman–Crippen LogP) is 1.45. The number of urea groups is 1. The van der Waals surface area contributed by atoms with Gasteiger partial charge in [-0.2, -0.15) is 0 Å². The lowest BCUT2D eigenvalue weighted by Gasteiger charge is -2.23. The first-order valence-electron chi connectivity index (χ1n) is 8.39. The number of nitrogens with one attached hydrogen (secondary N) is 1. The number of hydrogen-bond donors (Lipinski definition) is 2. The summed E-state index contributed by atoms with van der Waals surface area (Å²) in [5.41, 5.74) is 1.15. The Kier molecular flexibility index (Phi) is 6.34. The summed E-state index contributed by atoms with van der Waals surface area (Å²) in [7, 11) is 1.91. The minimum atomic E-state index is -0.772. The van der Waals surface area contributed by atoms with Crippen LogP contribution in [0, 0.1) is 5.92 Å². The van der Waals surface area contributed by atoms with Crippen LogP contribution in [-0.4, -0.2) is 59.1 Å². The van der Waals surface area contributed by atoms with Crippen molar-refractivity contribution in [3.8, 4) is 0 Å². The Labute approximate surface area is 143 Å². The van der Waals surface area contributed by atoms with E-state index in [1.165, 1.54) is 0 Å². The first kappa shape index (κ1) is 18.4. The van der Waals surface area contributed by atoms with Gasteiger partial charge in [-0.25, -0.2) is 4.79 Å². The van der Waals surface area contributed by atoms with Gasteiger partial charge in [-0.05, 0) is 24.9 Å². The molecule has 0 saturated carbocycles. The van der Waals surface area contributed by atoms with Gasteiger partial charge in [0.05, 0.1) is 12.6 Å². The van der Waals surface area contributed by atoms with E-state index in [4.69, 9.17) is 0 Å². The molecule has 6 heteroatoms. The zero-order valence-corrected chi connectivity index (χ0v) is 14.6. The Morgan fingerprint density at radius 2 is 1.92 bits per heavy atom. The van der Waals surface area contributed by atoms with Crippen LogP contribution in [0.3, 0.4) is 0 Å². The van der Waals surface area contributed by atoms with E-state index in [9.17, 15) is 14.7 Å². The fourth-order valence-corrected chi connectivity index (χ4v) is 2.97. The van der Waals surface area contributed by atoms with Crippen molar-refractivity contribution in [2.45, 2.75) is 39.0 Å². The molecular weight excluding hydrogens is 306 g/mol. The standard InChI is InChI=1S/C18H27N3O3/c1-13(2)9-16-17(23)21(18(24)19-16)12-15(22)11-20(3)10-14-7-5-4-6-8-14/h4-8,13,15-16,22H,9-12H2,1-3H3,(H,19,24)/t15-,16-/m0/s1. The molecule has 1 aromatic rings. The van der Waals surface area contributed by atoms with E-state index >= 15 is 0 Å². The number of amides is 3. The van der Waals surface area contributed by atoms with Crippen LogP contribution in [0.15, 0.2) is 30.3 Å². The van der Waals surface area contributed by atoms with Crippen molar-refractivity contribution in [1.29, 1.82) is 0 Å². The van der Waals surface area contributed by atoms with Crippen molar-refractivity contribution >= 4 is 11.9 Å². The molecule has 6 nitrogen and oxygen atoms in total. The number of rotatable bonds is 8. The number of hydrogen-bond acceptors (Lipinski definition) is 4. The topological polar surface area (TPSA) is 72.9 Å². The van der Waals surface area contributed by atoms with Gasteiger partial charge in [0, 0.05) is 13.1 Å². The summed E-state index contributed by atoms with van der Waals surface area (Å²) in [5.74, 6) is 0.0830. The molecule has 2 atom stereocenters. The van der Waals surface area contributed by atoms with Crippen LogP contribution < -0.4 is 5.32 Å². The SMILES string of the molecule is CC(C)C[C@@H]1NC(=O)N(C[C@@H](O)CN(C)Cc2ccccc2)C1=O. The van der Waals surface area contributed by atoms with Crippen LogP contribution in [0.25, 0.3) is 0 Å². The summed E-state index contributed by atoms with van der Waals surface area (Å²) in [5, 5.41) is 12.9. The van der Waals surface area contributed by atoms with Crippen molar-refractivity contribution in [3.63, 3.8) is 0 Å². The fourth-order valence-electron chi connectivity index (χ4n) is 2.97. The molecular formula is C18H27N3O3. The predicted molar refractivity (Wildman–Crippen MR) is 92.3 cm³/mol. The monoisotopic (exact) mass is 333 g/mol. The summed E-state index contributed by atoms with van der Waals surface area (Å²) in [4.78, 5) is 27.3. The van der Waals surface area contributed by atoms with Crippen molar-refractivity contribution in [3.05, 3.63) is 35.9 Å². The molecule has 0 unspecified atom stereocenters. The van der Waals surface area contributed by atoms with Gasteiger partial charge < -0.3 is 10.4 Å². The molecule has 3 amide bonds. The van der Waals surface area contributed by atoms with E-state index < -0.39 is 18.2 Å². The highest BCUT2D eigenvalue weighted by Gasteiger charge is 2.38. The van der Waals surface area contributed by atoms with Gasteiger partial charge in [-0.15, -0.1) is 0 Å². The van der Waals surface area contributed by atoms with Gasteiger partial charge in [0.2, 0.25) is 0 Å². The zero-order chi connectivity index (χ0) is 17.7. The van der Waals surface area contributed by atoms with Crippen LogP contribution in [0.1, 0.15) is 25.8 Å². The van der Waals surface area contributed by atoms with Crippen molar-refractivity contribution in [1.82, 2.24) is 15.1 Å². The quantitative estimate of drug-likeness (QED) is 0.706. The molecule has 1 heterocycles. The fraction of sp³-hybridized carbons (Fsp3) is 0.556. The highest BCUT2D eigenvalue weighted by atomic mass is 16.3. The summed E-state index contributed by atoms with van der Waals surface area (Å²) in [6.45, 7) is 5.14. The molecule has 0 spiro atoms. The number of β-amino-alcohol motifs (C(OH)–C–C–N with tert-alkyl or cyclic N) is 1. The smallest absolute Gasteiger partial charge is 0.324 e. The maximum atomic E-state index is 12.3. The van der Waals surface area contributed by atoms with E-state index in [-0.39, 0.29) is 12.5 Å². The van der Waals surface area contributed by atoms with Gasteiger partial charge in [-0.1, -0.05) is 44.2 Å². The average molecular weight is 333 g/mol. The Balaban J connectivity index is 1.84. The maximum Gasteiger partial charge on any atom is 0.324 e. The maximum absolute atomic E-state index is 12.3. The third-order valence-corrected chi connectivity index (χ3v) is 4.03. The third kappa shape index (κ3) is 5.04. The van der Waals surface area contributed by atoms with E-state index in [2.05, 4.69) is 5.32 Å². The minimum absolute atomic E-state index is 0.0262. The number of carbonyl (C=O) groups excluding carboxylic acids is 2. The molecule has 2 N–H and O–H groups in total. The van der Waals surface area contributed by atoms with Crippen molar-refractivity contribution in [2.24, 2.45) is 5.92 Å². The number of aliphatic hydroxyl groups excluding tert-OH is 1. The second-order valence-corrected chi connectivity index (χ2v) is 6.92. The van der Waals surface area contributed by atoms with Crippen LogP contribution >= 0.6 is 0 Å². The number of nitrogens with zero attached hydrogens (tertiary/aromatic N) is 2. The minimum Gasteiger partial charge on any atom is -0.390 e. The van der Waals surface area contributed by atoms with Gasteiger partial charge in [-0.3, -0.25) is 14.6 Å². The van der Waals surface area contributed by atoms with Crippen molar-refractivity contribution in [2.75, 3.05) is 20.1 Å². The lowest BCUT2D eigenvalue weighted by Crippen LogP contribution is -2.42. The Morgan fingerprint density at radius 3 is 2.54 bits per heavy atom. The van der Waals surface area contributed by atoms with Gasteiger partial charge in [0.15, 0.2) is 0 Å². The molecule has 1 aromatic carbocycles. The molecule has 0 aromatic heterocycles. The molecule has 0 bridgehead atoms. The second kappa shape index (κ2) is 8.26. The zero-order valence-electron chi connectivity index (χ0n) is 14.6. The van der Waals surface area contributed by atoms with Crippen LogP contribution in [0.2, 0.25) is 0 Å². The molecule has 1 aliphatic heterocycles. The van der Waals surface area contributed by atoms with Crippen LogP contribution in [-0.2, 0) is 11.3 Å². The van der Waals surface area contributed by atoms with Crippen LogP contribution in [0.5, 0.6) is 0 Å². The van der Waals surface area contributed by atoms with Gasteiger partial charge in [0.25, 0.3) is 5.91 Å².